The highest BCUT2D eigenvalue weighted by Crippen LogP contribution is 2.11. The maximum atomic E-state index is 10.6. The van der Waals surface area contributed by atoms with Gasteiger partial charge in [0.2, 0.25) is 0 Å². The third-order valence-electron chi connectivity index (χ3n) is 2.10. The highest BCUT2D eigenvalue weighted by atomic mass is 16.4. The van der Waals surface area contributed by atoms with Crippen LogP contribution in [0.25, 0.3) is 0 Å². The summed E-state index contributed by atoms with van der Waals surface area (Å²) in [5, 5.41) is 8.71. The first kappa shape index (κ1) is 9.71. The van der Waals surface area contributed by atoms with Gasteiger partial charge in [-0.25, -0.2) is 0 Å². The van der Waals surface area contributed by atoms with E-state index in [-0.39, 0.29) is 5.92 Å². The summed E-state index contributed by atoms with van der Waals surface area (Å²) in [6.07, 6.45) is 3.99. The molecule has 70 valence electrons. The molecule has 3 nitrogen and oxygen atoms in total. The van der Waals surface area contributed by atoms with E-state index in [0.29, 0.717) is 6.42 Å². The second-order valence-corrected chi connectivity index (χ2v) is 3.25. The standard InChI is InChI=1S/C10H13NO2/c1-7-3-4-11-6-9(7)5-8(2)10(12)13/h3-4,6,8H,5H2,1-2H3,(H,12,13). The molecule has 0 spiro atoms. The van der Waals surface area contributed by atoms with E-state index >= 15 is 0 Å². The van der Waals surface area contributed by atoms with Crippen molar-refractivity contribution in [3.05, 3.63) is 29.6 Å². The Hall–Kier alpha value is -1.38. The molecule has 0 aliphatic carbocycles. The Labute approximate surface area is 77.4 Å². The number of pyridine rings is 1. The fourth-order valence-corrected chi connectivity index (χ4v) is 1.13. The molecule has 1 aromatic heterocycles. The summed E-state index contributed by atoms with van der Waals surface area (Å²) in [6, 6.07) is 1.89. The van der Waals surface area contributed by atoms with Gasteiger partial charge < -0.3 is 5.11 Å². The molecule has 0 aromatic carbocycles. The van der Waals surface area contributed by atoms with Crippen molar-refractivity contribution in [2.45, 2.75) is 20.3 Å². The number of aromatic nitrogens is 1. The molecule has 1 unspecified atom stereocenters. The lowest BCUT2D eigenvalue weighted by Gasteiger charge is -2.07. The molecule has 0 amide bonds. The van der Waals surface area contributed by atoms with Crippen LogP contribution in [0.5, 0.6) is 0 Å². The number of carbonyl (C=O) groups is 1. The second-order valence-electron chi connectivity index (χ2n) is 3.25. The van der Waals surface area contributed by atoms with Crippen molar-refractivity contribution >= 4 is 5.97 Å². The molecular weight excluding hydrogens is 166 g/mol. The Morgan fingerprint density at radius 3 is 2.92 bits per heavy atom. The number of carboxylic acids is 1. The molecule has 0 bridgehead atoms. The lowest BCUT2D eigenvalue weighted by Crippen LogP contribution is -2.12. The molecule has 0 radical (unpaired) electrons. The fraction of sp³-hybridized carbons (Fsp3) is 0.400. The summed E-state index contributed by atoms with van der Waals surface area (Å²) in [5.74, 6) is -1.11. The Morgan fingerprint density at radius 2 is 2.38 bits per heavy atom. The fourth-order valence-electron chi connectivity index (χ4n) is 1.13. The molecule has 0 fully saturated rings. The van der Waals surface area contributed by atoms with E-state index in [1.807, 2.05) is 13.0 Å². The van der Waals surface area contributed by atoms with Gasteiger partial charge in [0.25, 0.3) is 0 Å². The van der Waals surface area contributed by atoms with Crippen molar-refractivity contribution in [2.24, 2.45) is 5.92 Å². The third-order valence-corrected chi connectivity index (χ3v) is 2.10. The molecule has 0 saturated heterocycles. The van der Waals surface area contributed by atoms with Crippen LogP contribution in [0, 0.1) is 12.8 Å². The maximum absolute atomic E-state index is 10.6. The molecule has 0 saturated carbocycles. The highest BCUT2D eigenvalue weighted by molar-refractivity contribution is 5.69. The molecule has 1 atom stereocenters. The zero-order chi connectivity index (χ0) is 9.84. The average molecular weight is 179 g/mol. The van der Waals surface area contributed by atoms with E-state index in [1.54, 1.807) is 19.3 Å². The van der Waals surface area contributed by atoms with Crippen molar-refractivity contribution in [2.75, 3.05) is 0 Å². The van der Waals surface area contributed by atoms with Gasteiger partial charge in [0.05, 0.1) is 5.92 Å². The van der Waals surface area contributed by atoms with Crippen molar-refractivity contribution in [3.8, 4) is 0 Å². The molecule has 0 aliphatic rings. The van der Waals surface area contributed by atoms with Crippen molar-refractivity contribution < 1.29 is 9.90 Å². The lowest BCUT2D eigenvalue weighted by molar-refractivity contribution is -0.141. The quantitative estimate of drug-likeness (QED) is 0.767. The first-order valence-electron chi connectivity index (χ1n) is 4.23. The largest absolute Gasteiger partial charge is 0.481 e. The summed E-state index contributed by atoms with van der Waals surface area (Å²) >= 11 is 0. The summed E-state index contributed by atoms with van der Waals surface area (Å²) in [6.45, 7) is 3.67. The minimum absolute atomic E-state index is 0.345. The van der Waals surface area contributed by atoms with Crippen LogP contribution < -0.4 is 0 Å². The van der Waals surface area contributed by atoms with Crippen LogP contribution in [0.15, 0.2) is 18.5 Å². The van der Waals surface area contributed by atoms with Crippen LogP contribution >= 0.6 is 0 Å². The van der Waals surface area contributed by atoms with Crippen LogP contribution in [0.3, 0.4) is 0 Å². The van der Waals surface area contributed by atoms with Gasteiger partial charge in [0.1, 0.15) is 0 Å². The minimum Gasteiger partial charge on any atom is -0.481 e. The second kappa shape index (κ2) is 4.03. The summed E-state index contributed by atoms with van der Waals surface area (Å²) in [4.78, 5) is 14.6. The van der Waals surface area contributed by atoms with E-state index in [2.05, 4.69) is 4.98 Å². The smallest absolute Gasteiger partial charge is 0.306 e. The van der Waals surface area contributed by atoms with Crippen molar-refractivity contribution in [1.29, 1.82) is 0 Å². The van der Waals surface area contributed by atoms with Gasteiger partial charge in [-0.15, -0.1) is 0 Å². The molecule has 1 heterocycles. The van der Waals surface area contributed by atoms with E-state index in [0.717, 1.165) is 11.1 Å². The summed E-state index contributed by atoms with van der Waals surface area (Å²) in [7, 11) is 0. The Bertz CT molecular complexity index is 310. The van der Waals surface area contributed by atoms with Crippen LogP contribution in [0.1, 0.15) is 18.1 Å². The van der Waals surface area contributed by atoms with Gasteiger partial charge in [-0.3, -0.25) is 9.78 Å². The lowest BCUT2D eigenvalue weighted by atomic mass is 10.00. The number of carboxylic acid groups (broad SMARTS) is 1. The molecule has 13 heavy (non-hydrogen) atoms. The highest BCUT2D eigenvalue weighted by Gasteiger charge is 2.12. The summed E-state index contributed by atoms with van der Waals surface area (Å²) < 4.78 is 0. The predicted octanol–water partition coefficient (Wildman–Crippen LogP) is 1.65. The molecular formula is C10H13NO2. The third kappa shape index (κ3) is 2.54. The van der Waals surface area contributed by atoms with Crippen LogP contribution in [-0.4, -0.2) is 16.1 Å². The molecule has 3 heteroatoms. The molecule has 1 N–H and O–H groups in total. The SMILES string of the molecule is Cc1ccncc1CC(C)C(=O)O. The summed E-state index contributed by atoms with van der Waals surface area (Å²) in [5.41, 5.74) is 2.11. The van der Waals surface area contributed by atoms with E-state index in [4.69, 9.17) is 5.11 Å². The van der Waals surface area contributed by atoms with Gasteiger partial charge in [-0.05, 0) is 30.5 Å². The van der Waals surface area contributed by atoms with Gasteiger partial charge in [0.15, 0.2) is 0 Å². The van der Waals surface area contributed by atoms with Gasteiger partial charge in [-0.1, -0.05) is 6.92 Å². The van der Waals surface area contributed by atoms with Crippen molar-refractivity contribution in [1.82, 2.24) is 4.98 Å². The van der Waals surface area contributed by atoms with Gasteiger partial charge >= 0.3 is 5.97 Å². The molecule has 1 rings (SSSR count). The normalized spacial score (nSPS) is 12.5. The number of nitrogens with zero attached hydrogens (tertiary/aromatic N) is 1. The monoisotopic (exact) mass is 179 g/mol. The Morgan fingerprint density at radius 1 is 1.69 bits per heavy atom. The first-order chi connectivity index (χ1) is 6.11. The molecule has 1 aromatic rings. The van der Waals surface area contributed by atoms with Crippen LogP contribution in [0.2, 0.25) is 0 Å². The minimum atomic E-state index is -0.761. The van der Waals surface area contributed by atoms with Gasteiger partial charge in [0, 0.05) is 12.4 Å². The number of aryl methyl sites for hydroxylation is 1. The van der Waals surface area contributed by atoms with E-state index in [9.17, 15) is 4.79 Å². The first-order valence-corrected chi connectivity index (χ1v) is 4.23. The number of aliphatic carboxylic acids is 1. The maximum Gasteiger partial charge on any atom is 0.306 e. The van der Waals surface area contributed by atoms with E-state index in [1.165, 1.54) is 0 Å². The average Bonchev–Trinajstić information content (AvgIpc) is 2.08. The zero-order valence-electron chi connectivity index (χ0n) is 7.82. The molecule has 0 aliphatic heterocycles. The predicted molar refractivity (Wildman–Crippen MR) is 49.5 cm³/mol. The Kier molecular flexibility index (Phi) is 3.01. The van der Waals surface area contributed by atoms with Crippen LogP contribution in [-0.2, 0) is 11.2 Å². The zero-order valence-corrected chi connectivity index (χ0v) is 7.82. The van der Waals surface area contributed by atoms with Gasteiger partial charge in [-0.2, -0.15) is 0 Å². The number of hydrogen-bond acceptors (Lipinski definition) is 2. The Balaban J connectivity index is 2.74. The topological polar surface area (TPSA) is 50.2 Å². The number of rotatable bonds is 3. The van der Waals surface area contributed by atoms with Crippen LogP contribution in [0.4, 0.5) is 0 Å². The van der Waals surface area contributed by atoms with Crippen molar-refractivity contribution in [3.63, 3.8) is 0 Å². The number of hydrogen-bond donors (Lipinski definition) is 1. The van der Waals surface area contributed by atoms with E-state index < -0.39 is 5.97 Å².